The van der Waals surface area contributed by atoms with Crippen molar-refractivity contribution in [3.8, 4) is 17.1 Å². The second-order valence-electron chi connectivity index (χ2n) is 10.7. The minimum Gasteiger partial charge on any atom is -0.497 e. The van der Waals surface area contributed by atoms with Crippen LogP contribution in [-0.4, -0.2) is 28.7 Å². The van der Waals surface area contributed by atoms with Gasteiger partial charge in [0.25, 0.3) is 11.5 Å². The highest BCUT2D eigenvalue weighted by Gasteiger charge is 2.32. The number of furan rings is 1. The van der Waals surface area contributed by atoms with E-state index in [1.165, 1.54) is 23.5 Å². The van der Waals surface area contributed by atoms with E-state index in [1.807, 2.05) is 44.2 Å². The Balaban J connectivity index is 1.43. The SMILES string of the molecule is COc1ccc([C@@H]2C(C(=O)Nc3ccc(C)cc3C)=C(C)N=c3s/c(=C\c4ccc(-c5cccc(C(=O)O)c5)o4)c(=O)n32)cc1. The molecule has 9 nitrogen and oxygen atoms in total. The minimum absolute atomic E-state index is 0.144. The van der Waals surface area contributed by atoms with Gasteiger partial charge in [-0.25, -0.2) is 9.79 Å². The van der Waals surface area contributed by atoms with E-state index in [0.717, 1.165) is 16.7 Å². The molecule has 1 aliphatic rings. The third-order valence-corrected chi connectivity index (χ3v) is 8.61. The average Bonchev–Trinajstić information content (AvgIpc) is 3.62. The zero-order chi connectivity index (χ0) is 31.8. The van der Waals surface area contributed by atoms with Crippen LogP contribution in [0.1, 0.15) is 45.8 Å². The van der Waals surface area contributed by atoms with E-state index >= 15 is 0 Å². The lowest BCUT2D eigenvalue weighted by atomic mass is 9.95. The highest BCUT2D eigenvalue weighted by Crippen LogP contribution is 2.32. The number of nitrogens with one attached hydrogen (secondary N) is 1. The van der Waals surface area contributed by atoms with E-state index in [1.54, 1.807) is 61.1 Å². The van der Waals surface area contributed by atoms with Crippen LogP contribution in [0.3, 0.4) is 0 Å². The number of ether oxygens (including phenoxy) is 1. The molecule has 6 rings (SSSR count). The Kier molecular flexibility index (Phi) is 7.82. The molecule has 3 heterocycles. The summed E-state index contributed by atoms with van der Waals surface area (Å²) >= 11 is 1.20. The molecule has 45 heavy (non-hydrogen) atoms. The number of fused-ring (bicyclic) bond motifs is 1. The third-order valence-electron chi connectivity index (χ3n) is 7.62. The van der Waals surface area contributed by atoms with Crippen LogP contribution < -0.4 is 24.9 Å². The molecule has 0 unspecified atom stereocenters. The molecule has 0 spiro atoms. The van der Waals surface area contributed by atoms with Crippen LogP contribution in [0.15, 0.2) is 104 Å². The molecule has 1 aliphatic heterocycles. The topological polar surface area (TPSA) is 123 Å². The summed E-state index contributed by atoms with van der Waals surface area (Å²) in [4.78, 5) is 44.5. The van der Waals surface area contributed by atoms with Crippen LogP contribution in [0, 0.1) is 13.8 Å². The van der Waals surface area contributed by atoms with Gasteiger partial charge in [-0.15, -0.1) is 0 Å². The molecular formula is C35H29N3O6S. The Hall–Kier alpha value is -5.48. The predicted molar refractivity (Wildman–Crippen MR) is 172 cm³/mol. The van der Waals surface area contributed by atoms with Crippen molar-refractivity contribution in [3.05, 3.63) is 138 Å². The number of carboxylic acid groups (broad SMARTS) is 1. The number of nitrogens with zero attached hydrogens (tertiary/aromatic N) is 2. The molecule has 5 aromatic rings. The van der Waals surface area contributed by atoms with Crippen LogP contribution in [0.5, 0.6) is 5.75 Å². The average molecular weight is 620 g/mol. The van der Waals surface area contributed by atoms with Gasteiger partial charge >= 0.3 is 5.97 Å². The first-order valence-corrected chi connectivity index (χ1v) is 14.9. The molecule has 0 aliphatic carbocycles. The fourth-order valence-corrected chi connectivity index (χ4v) is 6.40. The van der Waals surface area contributed by atoms with Crippen LogP contribution in [0.4, 0.5) is 5.69 Å². The van der Waals surface area contributed by atoms with Gasteiger partial charge < -0.3 is 19.6 Å². The number of carbonyl (C=O) groups excluding carboxylic acids is 1. The second kappa shape index (κ2) is 11.9. The summed E-state index contributed by atoms with van der Waals surface area (Å²) in [5, 5.41) is 12.4. The Labute approximate surface area is 262 Å². The lowest BCUT2D eigenvalue weighted by molar-refractivity contribution is -0.113. The molecule has 0 saturated heterocycles. The van der Waals surface area contributed by atoms with E-state index in [0.29, 0.717) is 49.1 Å². The normalized spacial score (nSPS) is 14.6. The van der Waals surface area contributed by atoms with Gasteiger partial charge in [-0.3, -0.25) is 14.2 Å². The van der Waals surface area contributed by atoms with Crippen molar-refractivity contribution >= 4 is 35.0 Å². The summed E-state index contributed by atoms with van der Waals surface area (Å²) in [6.07, 6.45) is 1.63. The first-order chi connectivity index (χ1) is 21.6. The maximum absolute atomic E-state index is 14.0. The van der Waals surface area contributed by atoms with E-state index < -0.39 is 12.0 Å². The van der Waals surface area contributed by atoms with Crippen molar-refractivity contribution in [2.75, 3.05) is 12.4 Å². The maximum atomic E-state index is 14.0. The van der Waals surface area contributed by atoms with E-state index in [-0.39, 0.29) is 17.0 Å². The van der Waals surface area contributed by atoms with E-state index in [4.69, 9.17) is 14.1 Å². The molecule has 1 atom stereocenters. The monoisotopic (exact) mass is 619 g/mol. The number of hydrogen-bond donors (Lipinski definition) is 2. The van der Waals surface area contributed by atoms with Crippen molar-refractivity contribution in [2.24, 2.45) is 4.99 Å². The fraction of sp³-hybridized carbons (Fsp3) is 0.143. The summed E-state index contributed by atoms with van der Waals surface area (Å²) < 4.78 is 13.3. The van der Waals surface area contributed by atoms with E-state index in [2.05, 4.69) is 5.32 Å². The number of hydrogen-bond acceptors (Lipinski definition) is 7. The number of carbonyl (C=O) groups is 2. The van der Waals surface area contributed by atoms with Gasteiger partial charge in [0.1, 0.15) is 17.3 Å². The summed E-state index contributed by atoms with van der Waals surface area (Å²) in [5.74, 6) is 0.150. The summed E-state index contributed by atoms with van der Waals surface area (Å²) in [7, 11) is 1.58. The number of aryl methyl sites for hydroxylation is 2. The van der Waals surface area contributed by atoms with Crippen molar-refractivity contribution in [3.63, 3.8) is 0 Å². The third kappa shape index (κ3) is 5.75. The Bertz CT molecular complexity index is 2190. The highest BCUT2D eigenvalue weighted by atomic mass is 32.1. The van der Waals surface area contributed by atoms with Gasteiger partial charge in [0.2, 0.25) is 0 Å². The Morgan fingerprint density at radius 3 is 2.51 bits per heavy atom. The zero-order valence-electron chi connectivity index (χ0n) is 25.0. The van der Waals surface area contributed by atoms with Gasteiger partial charge in [-0.1, -0.05) is 53.3 Å². The smallest absolute Gasteiger partial charge is 0.335 e. The molecule has 10 heteroatoms. The molecule has 0 bridgehead atoms. The molecule has 0 radical (unpaired) electrons. The molecule has 226 valence electrons. The van der Waals surface area contributed by atoms with Gasteiger partial charge in [-0.2, -0.15) is 0 Å². The Morgan fingerprint density at radius 1 is 1.02 bits per heavy atom. The highest BCUT2D eigenvalue weighted by molar-refractivity contribution is 7.07. The van der Waals surface area contributed by atoms with Crippen molar-refractivity contribution in [2.45, 2.75) is 26.8 Å². The number of methoxy groups -OCH3 is 1. The lowest BCUT2D eigenvalue weighted by Crippen LogP contribution is -2.40. The number of rotatable bonds is 7. The zero-order valence-corrected chi connectivity index (χ0v) is 25.8. The minimum atomic E-state index is -1.03. The van der Waals surface area contributed by atoms with Crippen molar-refractivity contribution < 1.29 is 23.8 Å². The number of aromatic carboxylic acids is 1. The number of anilines is 1. The first kappa shape index (κ1) is 29.6. The number of carboxylic acids is 1. The maximum Gasteiger partial charge on any atom is 0.335 e. The molecule has 2 aromatic heterocycles. The predicted octanol–water partition coefficient (Wildman–Crippen LogP) is 5.46. The quantitative estimate of drug-likeness (QED) is 0.250. The van der Waals surface area contributed by atoms with Crippen LogP contribution in [0.25, 0.3) is 17.4 Å². The first-order valence-electron chi connectivity index (χ1n) is 14.1. The largest absolute Gasteiger partial charge is 0.497 e. The van der Waals surface area contributed by atoms with Crippen molar-refractivity contribution in [1.29, 1.82) is 0 Å². The number of benzene rings is 3. The fourth-order valence-electron chi connectivity index (χ4n) is 5.38. The molecule has 0 fully saturated rings. The lowest BCUT2D eigenvalue weighted by Gasteiger charge is -2.25. The summed E-state index contributed by atoms with van der Waals surface area (Å²) in [5.41, 5.74) is 4.70. The summed E-state index contributed by atoms with van der Waals surface area (Å²) in [6, 6.07) is 22.2. The van der Waals surface area contributed by atoms with Gasteiger partial charge in [0.15, 0.2) is 4.80 Å². The van der Waals surface area contributed by atoms with Crippen LogP contribution in [0.2, 0.25) is 0 Å². The van der Waals surface area contributed by atoms with Gasteiger partial charge in [-0.05, 0) is 74.4 Å². The molecule has 3 aromatic carbocycles. The number of allylic oxidation sites excluding steroid dienone is 1. The molecule has 1 amide bonds. The number of thiazole rings is 1. The van der Waals surface area contributed by atoms with Gasteiger partial charge in [0.05, 0.1) is 34.5 Å². The van der Waals surface area contributed by atoms with Crippen LogP contribution in [-0.2, 0) is 4.79 Å². The van der Waals surface area contributed by atoms with Crippen molar-refractivity contribution in [1.82, 2.24) is 4.57 Å². The van der Waals surface area contributed by atoms with Crippen LogP contribution >= 0.6 is 11.3 Å². The summed E-state index contributed by atoms with van der Waals surface area (Å²) in [6.45, 7) is 5.70. The Morgan fingerprint density at radius 2 is 1.80 bits per heavy atom. The number of amides is 1. The molecular weight excluding hydrogens is 590 g/mol. The second-order valence-corrected chi connectivity index (χ2v) is 11.7. The number of aromatic nitrogens is 1. The van der Waals surface area contributed by atoms with E-state index in [9.17, 15) is 19.5 Å². The van der Waals surface area contributed by atoms with Gasteiger partial charge in [0, 0.05) is 17.3 Å². The standard InChI is InChI=1S/C35H29N3O6S/c1-19-8-14-27(20(2)16-19)37-32(39)30-21(3)36-35-38(31(30)22-9-11-25(43-4)12-10-22)33(40)29(45-35)18-26-13-15-28(44-26)23-6-5-7-24(17-23)34(41)42/h5-18,31H,1-4H3,(H,37,39)(H,41,42)/b29-18-/t31-/m1/s1. The molecule has 0 saturated carbocycles. The molecule has 2 N–H and O–H groups in total.